The van der Waals surface area contributed by atoms with Gasteiger partial charge >= 0.3 is 221 Å². The van der Waals surface area contributed by atoms with Gasteiger partial charge < -0.3 is 24.8 Å². The molecule has 0 spiro atoms. The summed E-state index contributed by atoms with van der Waals surface area (Å²) in [5, 5.41) is 0. The van der Waals surface area contributed by atoms with Gasteiger partial charge in [-0.3, -0.25) is 0 Å². The Bertz CT molecular complexity index is 1130. The summed E-state index contributed by atoms with van der Waals surface area (Å²) in [6.45, 7) is 4.94. The second-order valence-electron chi connectivity index (χ2n) is 12.8. The minimum atomic E-state index is -2.72. The van der Waals surface area contributed by atoms with Crippen LogP contribution in [0.15, 0.2) is 55.2 Å². The Kier molecular flexibility index (Phi) is 8.16. The molecule has 0 amide bonds. The van der Waals surface area contributed by atoms with Crippen LogP contribution in [-0.4, -0.2) is 16.1 Å². The van der Waals surface area contributed by atoms with Gasteiger partial charge in [-0.05, 0) is 0 Å². The fourth-order valence-corrected chi connectivity index (χ4v) is 52.8. The zero-order valence-electron chi connectivity index (χ0n) is 22.7. The van der Waals surface area contributed by atoms with Gasteiger partial charge in [-0.1, -0.05) is 0 Å². The Morgan fingerprint density at radius 1 is 0.649 bits per heavy atom. The van der Waals surface area contributed by atoms with E-state index < -0.39 is 36.1 Å². The molecular formula is C32H42Cl2HfSi2. The molecule has 2 aliphatic carbocycles. The van der Waals surface area contributed by atoms with Gasteiger partial charge in [0.15, 0.2) is 0 Å². The van der Waals surface area contributed by atoms with Crippen LogP contribution >= 0.6 is 0 Å². The van der Waals surface area contributed by atoms with Crippen LogP contribution in [0.1, 0.15) is 72.9 Å². The molecule has 5 heteroatoms. The first-order valence-electron chi connectivity index (χ1n) is 14.8. The van der Waals surface area contributed by atoms with Gasteiger partial charge in [-0.2, -0.15) is 0 Å². The standard InChI is InChI=1S/2C15H19Si.C2H4.2ClH.Hf/c2*1-2-10-16(11-5-12-16)15-9-8-13-6-3-4-7-14(13)15;1-2;;;/h2*3-4,6-8,15H,2,5,10-12H2,1H3;1-2H2;2*1H;/q;;;;;+2/p-2. The summed E-state index contributed by atoms with van der Waals surface area (Å²) in [4.78, 5) is 0. The Morgan fingerprint density at radius 3 is 1.38 bits per heavy atom. The molecule has 2 atom stereocenters. The maximum absolute atomic E-state index is 2.84. The van der Waals surface area contributed by atoms with Gasteiger partial charge in [0, 0.05) is 0 Å². The molecule has 0 saturated carbocycles. The molecule has 3 fully saturated rings. The third-order valence-electron chi connectivity index (χ3n) is 11.1. The number of allylic oxidation sites excluding steroid dienone is 2. The second-order valence-corrected chi connectivity index (χ2v) is 38.0. The normalized spacial score (nSPS) is 25.9. The SMILES string of the molecule is CCC[Si]1(C2[C]([Hf+2]3([C]4=Cc5ccccc5C4[Si]4(CCC)CCC4)[CH2][CH2]3)=Cc3ccccc32)CCC1.[Cl-].[Cl-]. The van der Waals surface area contributed by atoms with Crippen LogP contribution in [0.3, 0.4) is 0 Å². The van der Waals surface area contributed by atoms with Gasteiger partial charge in [0.1, 0.15) is 0 Å². The number of halogens is 2. The predicted octanol–water partition coefficient (Wildman–Crippen LogP) is 3.88. The van der Waals surface area contributed by atoms with E-state index in [9.17, 15) is 0 Å². The second kappa shape index (κ2) is 10.7. The van der Waals surface area contributed by atoms with Crippen molar-refractivity contribution >= 4 is 28.3 Å². The number of rotatable bonds is 8. The van der Waals surface area contributed by atoms with Crippen molar-refractivity contribution in [3.63, 3.8) is 0 Å². The monoisotopic (exact) mass is 732 g/mol. The first-order chi connectivity index (χ1) is 17.2. The third kappa shape index (κ3) is 4.19. The van der Waals surface area contributed by atoms with E-state index in [4.69, 9.17) is 0 Å². The van der Waals surface area contributed by atoms with E-state index in [1.165, 1.54) is 25.7 Å². The fourth-order valence-electron chi connectivity index (χ4n) is 9.29. The molecule has 7 rings (SSSR count). The van der Waals surface area contributed by atoms with E-state index in [1.54, 1.807) is 66.9 Å². The van der Waals surface area contributed by atoms with Crippen LogP contribution in [0.25, 0.3) is 12.2 Å². The molecule has 2 aromatic rings. The summed E-state index contributed by atoms with van der Waals surface area (Å²) in [5.74, 6) is 0. The molecule has 0 radical (unpaired) electrons. The van der Waals surface area contributed by atoms with Crippen LogP contribution in [0.2, 0.25) is 44.6 Å². The first kappa shape index (κ1) is 28.3. The molecule has 2 unspecified atom stereocenters. The number of benzene rings is 2. The van der Waals surface area contributed by atoms with Crippen molar-refractivity contribution in [3.8, 4) is 0 Å². The average molecular weight is 732 g/mol. The first-order valence-corrected chi connectivity index (χ1v) is 28.9. The molecule has 37 heavy (non-hydrogen) atoms. The zero-order chi connectivity index (χ0) is 23.7. The van der Waals surface area contributed by atoms with Crippen molar-refractivity contribution in [1.29, 1.82) is 0 Å². The largest absolute Gasteiger partial charge is 1.00 e. The molecule has 3 heterocycles. The van der Waals surface area contributed by atoms with Crippen molar-refractivity contribution in [3.05, 3.63) is 77.4 Å². The topological polar surface area (TPSA) is 0 Å². The van der Waals surface area contributed by atoms with E-state index in [0.717, 1.165) is 11.1 Å². The fraction of sp³-hybridized carbons (Fsp3) is 0.500. The summed E-state index contributed by atoms with van der Waals surface area (Å²) in [7, 11) is -2.46. The van der Waals surface area contributed by atoms with Gasteiger partial charge in [0.25, 0.3) is 0 Å². The Balaban J connectivity index is 0.00000140. The average Bonchev–Trinajstić information content (AvgIpc) is 3.39. The summed E-state index contributed by atoms with van der Waals surface area (Å²) < 4.78 is 7.52. The van der Waals surface area contributed by atoms with Crippen molar-refractivity contribution in [2.24, 2.45) is 0 Å². The summed E-state index contributed by atoms with van der Waals surface area (Å²) in [6.07, 6.45) is 11.5. The molecule has 0 bridgehead atoms. The molecule has 0 aromatic heterocycles. The van der Waals surface area contributed by atoms with Gasteiger partial charge in [0.05, 0.1) is 0 Å². The molecule has 3 aliphatic heterocycles. The van der Waals surface area contributed by atoms with E-state index in [1.807, 2.05) is 0 Å². The number of hydrogen-bond acceptors (Lipinski definition) is 0. The van der Waals surface area contributed by atoms with E-state index in [0.29, 0.717) is 0 Å². The minimum absolute atomic E-state index is 0. The van der Waals surface area contributed by atoms with Crippen molar-refractivity contribution in [1.82, 2.24) is 0 Å². The Hall–Kier alpha value is -0.196. The Morgan fingerprint density at radius 2 is 1.05 bits per heavy atom. The molecule has 0 nitrogen and oxygen atoms in total. The maximum atomic E-state index is 2.84. The minimum Gasteiger partial charge on any atom is -1.00 e. The van der Waals surface area contributed by atoms with E-state index in [-0.39, 0.29) is 24.8 Å². The molecule has 2 aromatic carbocycles. The van der Waals surface area contributed by atoms with Crippen LogP contribution in [-0.2, 0) is 20.0 Å². The summed E-state index contributed by atoms with van der Waals surface area (Å²) >= 11 is -2.72. The van der Waals surface area contributed by atoms with Crippen molar-refractivity contribution in [2.75, 3.05) is 0 Å². The third-order valence-corrected chi connectivity index (χ3v) is 41.7. The summed E-state index contributed by atoms with van der Waals surface area (Å²) in [5.41, 5.74) is 8.62. The van der Waals surface area contributed by atoms with Crippen molar-refractivity contribution in [2.45, 2.75) is 95.2 Å². The van der Waals surface area contributed by atoms with Crippen LogP contribution < -0.4 is 24.8 Å². The molecular weight excluding hydrogens is 690 g/mol. The van der Waals surface area contributed by atoms with Gasteiger partial charge in [-0.15, -0.1) is 0 Å². The zero-order valence-corrected chi connectivity index (χ0v) is 29.8. The van der Waals surface area contributed by atoms with Crippen LogP contribution in [0.4, 0.5) is 0 Å². The predicted molar refractivity (Wildman–Crippen MR) is 154 cm³/mol. The molecule has 5 aliphatic rings. The van der Waals surface area contributed by atoms with Crippen molar-refractivity contribution < 1.29 is 44.8 Å². The van der Waals surface area contributed by atoms with E-state index in [2.05, 4.69) is 81.2 Å². The number of hydrogen-bond donors (Lipinski definition) is 0. The van der Waals surface area contributed by atoms with Crippen LogP contribution in [0.5, 0.6) is 0 Å². The maximum Gasteiger partial charge on any atom is -1.00 e. The van der Waals surface area contributed by atoms with Gasteiger partial charge in [0.2, 0.25) is 0 Å². The quantitative estimate of drug-likeness (QED) is 0.362. The van der Waals surface area contributed by atoms with E-state index >= 15 is 0 Å². The summed E-state index contributed by atoms with van der Waals surface area (Å²) in [6, 6.07) is 29.0. The smallest absolute Gasteiger partial charge is 1.00 e. The number of fused-ring (bicyclic) bond motifs is 2. The Labute approximate surface area is 244 Å². The molecule has 3 saturated heterocycles. The van der Waals surface area contributed by atoms with Crippen LogP contribution in [0, 0.1) is 0 Å². The van der Waals surface area contributed by atoms with Gasteiger partial charge in [-0.25, -0.2) is 0 Å². The molecule has 0 N–H and O–H groups in total. The molecule has 196 valence electrons.